The Labute approximate surface area is 134 Å². The van der Waals surface area contributed by atoms with Crippen molar-refractivity contribution in [1.29, 1.82) is 0 Å². The van der Waals surface area contributed by atoms with Gasteiger partial charge in [-0.05, 0) is 56.9 Å². The van der Waals surface area contributed by atoms with Crippen LogP contribution in [-0.4, -0.2) is 47.8 Å². The molecule has 0 aromatic rings. The van der Waals surface area contributed by atoms with Crippen molar-refractivity contribution in [2.75, 3.05) is 19.8 Å². The zero-order valence-corrected chi connectivity index (χ0v) is 13.7. The summed E-state index contributed by atoms with van der Waals surface area (Å²) in [5.74, 6) is 0.884. The summed E-state index contributed by atoms with van der Waals surface area (Å²) in [6.07, 6.45) is 12.1. The Morgan fingerprint density at radius 3 is 2.64 bits per heavy atom. The fourth-order valence-electron chi connectivity index (χ4n) is 4.88. The molecule has 3 rings (SSSR count). The lowest BCUT2D eigenvalue weighted by atomic mass is 9.84. The number of likely N-dealkylation sites (tertiary alicyclic amines) is 1. The number of hydrogen-bond acceptors (Lipinski definition) is 3. The summed E-state index contributed by atoms with van der Waals surface area (Å²) in [6, 6.07) is 0.342. The summed E-state index contributed by atoms with van der Waals surface area (Å²) in [7, 11) is 0. The second kappa shape index (κ2) is 7.78. The fourth-order valence-corrected chi connectivity index (χ4v) is 4.88. The molecule has 2 aliphatic heterocycles. The molecule has 4 heteroatoms. The standard InChI is InChI=1S/C18H31NO3/c20-18(21)17-13-15-6-1-2-7-16(15)19(17)10-4-3-5-14-8-11-22-12-9-14/h14-17H,1-13H2,(H,20,21). The molecule has 1 aliphatic carbocycles. The van der Waals surface area contributed by atoms with E-state index in [2.05, 4.69) is 4.90 Å². The van der Waals surface area contributed by atoms with E-state index in [9.17, 15) is 9.90 Å². The molecule has 3 fully saturated rings. The van der Waals surface area contributed by atoms with Gasteiger partial charge in [-0.25, -0.2) is 0 Å². The first kappa shape index (κ1) is 16.3. The Morgan fingerprint density at radius 1 is 1.09 bits per heavy atom. The van der Waals surface area contributed by atoms with Crippen LogP contribution in [0.4, 0.5) is 0 Å². The van der Waals surface area contributed by atoms with Crippen LogP contribution >= 0.6 is 0 Å². The molecule has 3 unspecified atom stereocenters. The predicted octanol–water partition coefficient (Wildman–Crippen LogP) is 3.30. The molecule has 3 aliphatic rings. The van der Waals surface area contributed by atoms with Crippen LogP contribution in [0.25, 0.3) is 0 Å². The van der Waals surface area contributed by atoms with Crippen LogP contribution in [0, 0.1) is 11.8 Å². The number of carboxylic acid groups (broad SMARTS) is 1. The third-order valence-corrected chi connectivity index (χ3v) is 6.13. The van der Waals surface area contributed by atoms with E-state index in [1.54, 1.807) is 0 Å². The molecule has 0 spiro atoms. The van der Waals surface area contributed by atoms with E-state index in [0.29, 0.717) is 12.0 Å². The average Bonchev–Trinajstić information content (AvgIpc) is 2.92. The lowest BCUT2D eigenvalue weighted by molar-refractivity contribution is -0.142. The van der Waals surface area contributed by atoms with Gasteiger partial charge in [-0.1, -0.05) is 25.7 Å². The molecule has 0 amide bonds. The van der Waals surface area contributed by atoms with Gasteiger partial charge < -0.3 is 9.84 Å². The molecule has 2 heterocycles. The van der Waals surface area contributed by atoms with Crippen molar-refractivity contribution in [1.82, 2.24) is 4.90 Å². The molecule has 3 atom stereocenters. The summed E-state index contributed by atoms with van der Waals surface area (Å²) in [4.78, 5) is 13.9. The lowest BCUT2D eigenvalue weighted by Crippen LogP contribution is -2.42. The van der Waals surface area contributed by atoms with Crippen LogP contribution in [0.5, 0.6) is 0 Å². The first-order valence-electron chi connectivity index (χ1n) is 9.32. The highest BCUT2D eigenvalue weighted by molar-refractivity contribution is 5.74. The van der Waals surface area contributed by atoms with E-state index in [4.69, 9.17) is 4.74 Å². The number of rotatable bonds is 6. The van der Waals surface area contributed by atoms with Gasteiger partial charge >= 0.3 is 5.97 Å². The molecule has 1 saturated carbocycles. The summed E-state index contributed by atoms with van der Waals surface area (Å²) in [5, 5.41) is 9.54. The Hall–Kier alpha value is -0.610. The normalized spacial score (nSPS) is 33.7. The Balaban J connectivity index is 1.45. The maximum absolute atomic E-state index is 11.6. The minimum absolute atomic E-state index is 0.212. The zero-order chi connectivity index (χ0) is 15.4. The van der Waals surface area contributed by atoms with Crippen molar-refractivity contribution < 1.29 is 14.6 Å². The largest absolute Gasteiger partial charge is 0.480 e. The highest BCUT2D eigenvalue weighted by atomic mass is 16.5. The maximum atomic E-state index is 11.6. The SMILES string of the molecule is O=C(O)C1CC2CCCCC2N1CCCCC1CCOCC1. The van der Waals surface area contributed by atoms with Gasteiger partial charge in [0.25, 0.3) is 0 Å². The summed E-state index contributed by atoms with van der Waals surface area (Å²) in [6.45, 7) is 2.85. The van der Waals surface area contributed by atoms with Crippen LogP contribution in [0.1, 0.15) is 64.2 Å². The smallest absolute Gasteiger partial charge is 0.320 e. The highest BCUT2D eigenvalue weighted by Gasteiger charge is 2.44. The van der Waals surface area contributed by atoms with Gasteiger partial charge in [0.2, 0.25) is 0 Å². The first-order chi connectivity index (χ1) is 10.8. The van der Waals surface area contributed by atoms with Crippen LogP contribution in [0.2, 0.25) is 0 Å². The predicted molar refractivity (Wildman–Crippen MR) is 85.9 cm³/mol. The van der Waals surface area contributed by atoms with Crippen molar-refractivity contribution in [3.63, 3.8) is 0 Å². The minimum Gasteiger partial charge on any atom is -0.480 e. The monoisotopic (exact) mass is 309 g/mol. The quantitative estimate of drug-likeness (QED) is 0.765. The van der Waals surface area contributed by atoms with Crippen LogP contribution in [-0.2, 0) is 9.53 Å². The summed E-state index contributed by atoms with van der Waals surface area (Å²) >= 11 is 0. The van der Waals surface area contributed by atoms with Gasteiger partial charge in [-0.3, -0.25) is 9.69 Å². The number of unbranched alkanes of at least 4 members (excludes halogenated alkanes) is 1. The molecule has 0 bridgehead atoms. The van der Waals surface area contributed by atoms with E-state index < -0.39 is 5.97 Å². The van der Waals surface area contributed by atoms with Crippen LogP contribution < -0.4 is 0 Å². The molecular formula is C18H31NO3. The van der Waals surface area contributed by atoms with Gasteiger partial charge in [-0.15, -0.1) is 0 Å². The van der Waals surface area contributed by atoms with Crippen molar-refractivity contribution in [3.8, 4) is 0 Å². The van der Waals surface area contributed by atoms with E-state index >= 15 is 0 Å². The highest BCUT2D eigenvalue weighted by Crippen LogP contribution is 2.39. The number of carbonyl (C=O) groups is 1. The molecule has 0 aromatic heterocycles. The number of carboxylic acids is 1. The van der Waals surface area contributed by atoms with Crippen LogP contribution in [0.15, 0.2) is 0 Å². The van der Waals surface area contributed by atoms with Gasteiger partial charge in [0.15, 0.2) is 0 Å². The fraction of sp³-hybridized carbons (Fsp3) is 0.944. The summed E-state index contributed by atoms with van der Waals surface area (Å²) in [5.41, 5.74) is 0. The second-order valence-corrected chi connectivity index (χ2v) is 7.49. The average molecular weight is 309 g/mol. The van der Waals surface area contributed by atoms with Crippen molar-refractivity contribution in [3.05, 3.63) is 0 Å². The second-order valence-electron chi connectivity index (χ2n) is 7.49. The maximum Gasteiger partial charge on any atom is 0.320 e. The lowest BCUT2D eigenvalue weighted by Gasteiger charge is -2.33. The molecule has 126 valence electrons. The molecule has 0 radical (unpaired) electrons. The molecule has 0 aromatic carbocycles. The third kappa shape index (κ3) is 3.83. The Bertz CT molecular complexity index is 367. The molecular weight excluding hydrogens is 278 g/mol. The van der Waals surface area contributed by atoms with Gasteiger partial charge in [0.1, 0.15) is 6.04 Å². The van der Waals surface area contributed by atoms with Gasteiger partial charge in [-0.2, -0.15) is 0 Å². The van der Waals surface area contributed by atoms with Crippen molar-refractivity contribution in [2.45, 2.75) is 76.3 Å². The van der Waals surface area contributed by atoms with Crippen molar-refractivity contribution in [2.24, 2.45) is 11.8 Å². The molecule has 22 heavy (non-hydrogen) atoms. The Morgan fingerprint density at radius 2 is 1.86 bits per heavy atom. The van der Waals surface area contributed by atoms with E-state index in [-0.39, 0.29) is 6.04 Å². The van der Waals surface area contributed by atoms with Crippen LogP contribution in [0.3, 0.4) is 0 Å². The zero-order valence-electron chi connectivity index (χ0n) is 13.7. The van der Waals surface area contributed by atoms with Gasteiger partial charge in [0.05, 0.1) is 0 Å². The number of ether oxygens (including phenoxy) is 1. The number of aliphatic carboxylic acids is 1. The summed E-state index contributed by atoms with van der Waals surface area (Å²) < 4.78 is 5.41. The minimum atomic E-state index is -0.598. The van der Waals surface area contributed by atoms with Gasteiger partial charge in [0, 0.05) is 19.3 Å². The van der Waals surface area contributed by atoms with E-state index in [1.807, 2.05) is 0 Å². The van der Waals surface area contributed by atoms with E-state index in [1.165, 1.54) is 51.4 Å². The topological polar surface area (TPSA) is 49.8 Å². The number of fused-ring (bicyclic) bond motifs is 1. The molecule has 2 saturated heterocycles. The van der Waals surface area contributed by atoms with E-state index in [0.717, 1.165) is 38.5 Å². The number of hydrogen-bond donors (Lipinski definition) is 1. The van der Waals surface area contributed by atoms with Crippen molar-refractivity contribution >= 4 is 5.97 Å². The molecule has 4 nitrogen and oxygen atoms in total. The first-order valence-corrected chi connectivity index (χ1v) is 9.32. The molecule has 1 N–H and O–H groups in total. The Kier molecular flexibility index (Phi) is 5.75. The number of nitrogens with zero attached hydrogens (tertiary/aromatic N) is 1. The third-order valence-electron chi connectivity index (χ3n) is 6.13.